The van der Waals surface area contributed by atoms with E-state index in [1.807, 2.05) is 18.2 Å². The zero-order chi connectivity index (χ0) is 10.6. The molecule has 0 aliphatic heterocycles. The first-order valence-corrected chi connectivity index (χ1v) is 4.99. The molecule has 0 aliphatic rings. The van der Waals surface area contributed by atoms with Crippen LogP contribution >= 0.6 is 0 Å². The Hall–Kier alpha value is -0.860. The highest BCUT2D eigenvalue weighted by atomic mass is 16.3. The van der Waals surface area contributed by atoms with E-state index in [1.165, 1.54) is 0 Å². The van der Waals surface area contributed by atoms with E-state index in [2.05, 4.69) is 6.58 Å². The van der Waals surface area contributed by atoms with Gasteiger partial charge in [-0.1, -0.05) is 52.7 Å². The number of hydrogen-bond acceptors (Lipinski definition) is 2. The molecule has 0 aromatic carbocycles. The van der Waals surface area contributed by atoms with Gasteiger partial charge in [0.05, 0.1) is 13.2 Å². The van der Waals surface area contributed by atoms with Crippen LogP contribution in [0.1, 0.15) is 41.5 Å². The Morgan fingerprint density at radius 1 is 0.882 bits per heavy atom. The highest BCUT2D eigenvalue weighted by Gasteiger charge is 1.99. The van der Waals surface area contributed by atoms with Crippen molar-refractivity contribution < 1.29 is 10.2 Å². The van der Waals surface area contributed by atoms with E-state index < -0.39 is 0 Å². The number of aliphatic hydroxyl groups excluding tert-OH is 2. The Labute approximate surface area is 108 Å². The first-order valence-electron chi connectivity index (χ1n) is 4.99. The van der Waals surface area contributed by atoms with Gasteiger partial charge in [-0.2, -0.15) is 0 Å². The maximum Gasteiger partial charge on any atom is 0.0612 e. The van der Waals surface area contributed by atoms with Crippen LogP contribution in [0.4, 0.5) is 0 Å². The molecule has 0 rings (SSSR count). The average molecular weight is 244 g/mol. The first kappa shape index (κ1) is 25.1. The van der Waals surface area contributed by atoms with Crippen LogP contribution < -0.4 is 0 Å². The van der Waals surface area contributed by atoms with E-state index in [-0.39, 0.29) is 35.5 Å². The highest BCUT2D eigenvalue weighted by molar-refractivity contribution is 4.91. The van der Waals surface area contributed by atoms with Gasteiger partial charge in [0.2, 0.25) is 0 Å². The zero-order valence-corrected chi connectivity index (χ0v) is 8.60. The van der Waals surface area contributed by atoms with Crippen molar-refractivity contribution in [1.82, 2.24) is 0 Å². The van der Waals surface area contributed by atoms with Crippen molar-refractivity contribution in [1.29, 1.82) is 0 Å². The third-order valence-electron chi connectivity index (χ3n) is 2.02. The molecular formula is C15H32O2. The van der Waals surface area contributed by atoms with Crippen molar-refractivity contribution in [2.45, 2.75) is 41.5 Å². The molecule has 0 aromatic heterocycles. The molecule has 0 heterocycles. The smallest absolute Gasteiger partial charge is 0.0612 e. The lowest BCUT2D eigenvalue weighted by Crippen LogP contribution is -1.93. The van der Waals surface area contributed by atoms with E-state index in [0.29, 0.717) is 5.92 Å². The highest BCUT2D eigenvalue weighted by Crippen LogP contribution is 2.13. The van der Waals surface area contributed by atoms with Gasteiger partial charge in [0.15, 0.2) is 0 Å². The van der Waals surface area contributed by atoms with Crippen molar-refractivity contribution in [3.8, 4) is 0 Å². The van der Waals surface area contributed by atoms with Crippen LogP contribution in [-0.4, -0.2) is 23.4 Å². The van der Waals surface area contributed by atoms with Crippen LogP contribution in [0, 0.1) is 5.92 Å². The van der Waals surface area contributed by atoms with Crippen molar-refractivity contribution in [2.24, 2.45) is 5.92 Å². The number of rotatable bonds is 8. The summed E-state index contributed by atoms with van der Waals surface area (Å²) in [5, 5.41) is 17.1. The summed E-state index contributed by atoms with van der Waals surface area (Å²) in [4.78, 5) is 0. The Balaban J connectivity index is -0.000000282. The molecule has 1 unspecified atom stereocenters. The standard InChI is InChI=1S/C12H20O2.3CH4/c1-2-12(9-5-7-11-14)8-4-3-6-10-13;;;/h2-3,5-7,12-14H,1,4,8-11H2;3*1H4/b6-3-,7-5+;;;. The van der Waals surface area contributed by atoms with Crippen LogP contribution in [0.15, 0.2) is 37.0 Å². The number of allylic oxidation sites excluding steroid dienone is 3. The normalized spacial score (nSPS) is 11.4. The Morgan fingerprint density at radius 3 is 1.88 bits per heavy atom. The fourth-order valence-corrected chi connectivity index (χ4v) is 1.18. The monoisotopic (exact) mass is 244 g/mol. The number of aliphatic hydroxyl groups is 2. The molecule has 0 amide bonds. The molecule has 104 valence electrons. The lowest BCUT2D eigenvalue weighted by Gasteiger charge is -2.07. The third-order valence-corrected chi connectivity index (χ3v) is 2.02. The molecule has 0 fully saturated rings. The first-order chi connectivity index (χ1) is 6.85. The van der Waals surface area contributed by atoms with E-state index in [1.54, 1.807) is 12.2 Å². The number of hydrogen-bond donors (Lipinski definition) is 2. The lowest BCUT2D eigenvalue weighted by molar-refractivity contribution is 0.341. The van der Waals surface area contributed by atoms with Crippen molar-refractivity contribution in [2.75, 3.05) is 13.2 Å². The molecule has 2 nitrogen and oxygen atoms in total. The minimum atomic E-state index is 0. The molecule has 0 aromatic rings. The van der Waals surface area contributed by atoms with Gasteiger partial charge >= 0.3 is 0 Å². The zero-order valence-electron chi connectivity index (χ0n) is 8.60. The fraction of sp³-hybridized carbons (Fsp3) is 0.600. The van der Waals surface area contributed by atoms with Crippen LogP contribution in [0.3, 0.4) is 0 Å². The average Bonchev–Trinajstić information content (AvgIpc) is 2.22. The second-order valence-electron chi connectivity index (χ2n) is 3.12. The maximum atomic E-state index is 8.55. The SMILES string of the molecule is C.C.C.C=CC(C/C=C/CO)CC/C=C\CO. The third kappa shape index (κ3) is 17.7. The van der Waals surface area contributed by atoms with E-state index in [0.717, 1.165) is 19.3 Å². The quantitative estimate of drug-likeness (QED) is 0.634. The van der Waals surface area contributed by atoms with Gasteiger partial charge in [-0.05, 0) is 25.2 Å². The lowest BCUT2D eigenvalue weighted by atomic mass is 9.99. The van der Waals surface area contributed by atoms with Crippen LogP contribution in [0.25, 0.3) is 0 Å². The summed E-state index contributed by atoms with van der Waals surface area (Å²) in [5.41, 5.74) is 0. The van der Waals surface area contributed by atoms with Gasteiger partial charge in [-0.15, -0.1) is 6.58 Å². The largest absolute Gasteiger partial charge is 0.392 e. The van der Waals surface area contributed by atoms with Crippen LogP contribution in [-0.2, 0) is 0 Å². The van der Waals surface area contributed by atoms with Crippen molar-refractivity contribution in [3.05, 3.63) is 37.0 Å². The molecular weight excluding hydrogens is 212 g/mol. The van der Waals surface area contributed by atoms with Crippen molar-refractivity contribution in [3.63, 3.8) is 0 Å². The minimum absolute atomic E-state index is 0. The summed E-state index contributed by atoms with van der Waals surface area (Å²) < 4.78 is 0. The predicted molar refractivity (Wildman–Crippen MR) is 80.2 cm³/mol. The van der Waals surface area contributed by atoms with Crippen molar-refractivity contribution >= 4 is 0 Å². The summed E-state index contributed by atoms with van der Waals surface area (Å²) in [7, 11) is 0. The summed E-state index contributed by atoms with van der Waals surface area (Å²) in [6, 6.07) is 0. The van der Waals surface area contributed by atoms with E-state index in [4.69, 9.17) is 10.2 Å². The summed E-state index contributed by atoms with van der Waals surface area (Å²) in [6.45, 7) is 3.99. The molecule has 0 aliphatic carbocycles. The Kier molecular flexibility index (Phi) is 30.3. The topological polar surface area (TPSA) is 40.5 Å². The summed E-state index contributed by atoms with van der Waals surface area (Å²) in [6.07, 6.45) is 12.3. The van der Waals surface area contributed by atoms with Gasteiger partial charge in [0, 0.05) is 0 Å². The molecule has 2 heteroatoms. The van der Waals surface area contributed by atoms with Crippen LogP contribution in [0.2, 0.25) is 0 Å². The Bertz CT molecular complexity index is 183. The fourth-order valence-electron chi connectivity index (χ4n) is 1.18. The molecule has 0 bridgehead atoms. The molecule has 0 radical (unpaired) electrons. The molecule has 0 saturated heterocycles. The predicted octanol–water partition coefficient (Wildman–Crippen LogP) is 3.96. The van der Waals surface area contributed by atoms with Gasteiger partial charge in [0.1, 0.15) is 0 Å². The van der Waals surface area contributed by atoms with Crippen LogP contribution in [0.5, 0.6) is 0 Å². The summed E-state index contributed by atoms with van der Waals surface area (Å²) >= 11 is 0. The van der Waals surface area contributed by atoms with Gasteiger partial charge in [-0.25, -0.2) is 0 Å². The second kappa shape index (κ2) is 20.5. The molecule has 2 N–H and O–H groups in total. The van der Waals surface area contributed by atoms with Gasteiger partial charge in [0.25, 0.3) is 0 Å². The van der Waals surface area contributed by atoms with Gasteiger partial charge < -0.3 is 10.2 Å². The molecule has 0 spiro atoms. The van der Waals surface area contributed by atoms with E-state index in [9.17, 15) is 0 Å². The molecule has 17 heavy (non-hydrogen) atoms. The second-order valence-corrected chi connectivity index (χ2v) is 3.12. The van der Waals surface area contributed by atoms with E-state index >= 15 is 0 Å². The molecule has 0 saturated carbocycles. The summed E-state index contributed by atoms with van der Waals surface area (Å²) in [5.74, 6) is 0.459. The Morgan fingerprint density at radius 2 is 1.41 bits per heavy atom. The minimum Gasteiger partial charge on any atom is -0.392 e. The molecule has 1 atom stereocenters. The van der Waals surface area contributed by atoms with Gasteiger partial charge in [-0.3, -0.25) is 0 Å². The maximum absolute atomic E-state index is 8.55.